The highest BCUT2D eigenvalue weighted by atomic mass is 32.2. The SMILES string of the molecule is CC(C)C(C)Sc1ccc(C(=O)O)cc1N. The molecule has 0 aliphatic heterocycles. The molecule has 4 heteroatoms. The quantitative estimate of drug-likeness (QED) is 0.626. The summed E-state index contributed by atoms with van der Waals surface area (Å²) in [6.07, 6.45) is 0. The molecule has 3 N–H and O–H groups in total. The Kier molecular flexibility index (Phi) is 4.24. The first-order valence-corrected chi connectivity index (χ1v) is 6.09. The van der Waals surface area contributed by atoms with Crippen LogP contribution >= 0.6 is 11.8 Å². The van der Waals surface area contributed by atoms with Gasteiger partial charge in [-0.25, -0.2) is 4.79 Å². The summed E-state index contributed by atoms with van der Waals surface area (Å²) < 4.78 is 0. The van der Waals surface area contributed by atoms with E-state index in [0.29, 0.717) is 16.9 Å². The van der Waals surface area contributed by atoms with Crippen molar-refractivity contribution in [2.24, 2.45) is 5.92 Å². The Balaban J connectivity index is 2.87. The smallest absolute Gasteiger partial charge is 0.335 e. The van der Waals surface area contributed by atoms with E-state index in [0.717, 1.165) is 4.90 Å². The Bertz CT molecular complexity index is 391. The van der Waals surface area contributed by atoms with E-state index in [1.54, 1.807) is 23.9 Å². The van der Waals surface area contributed by atoms with Gasteiger partial charge in [0, 0.05) is 15.8 Å². The summed E-state index contributed by atoms with van der Waals surface area (Å²) in [6.45, 7) is 6.44. The lowest BCUT2D eigenvalue weighted by atomic mass is 10.2. The predicted molar refractivity (Wildman–Crippen MR) is 68.0 cm³/mol. The van der Waals surface area contributed by atoms with E-state index in [4.69, 9.17) is 10.8 Å². The van der Waals surface area contributed by atoms with Gasteiger partial charge in [-0.3, -0.25) is 0 Å². The normalized spacial score (nSPS) is 12.8. The zero-order chi connectivity index (χ0) is 12.3. The van der Waals surface area contributed by atoms with Gasteiger partial charge in [0.05, 0.1) is 5.56 Å². The van der Waals surface area contributed by atoms with Crippen LogP contribution in [0, 0.1) is 5.92 Å². The van der Waals surface area contributed by atoms with E-state index in [9.17, 15) is 4.79 Å². The molecular weight excluding hydrogens is 222 g/mol. The van der Waals surface area contributed by atoms with E-state index < -0.39 is 5.97 Å². The summed E-state index contributed by atoms with van der Waals surface area (Å²) in [7, 11) is 0. The minimum Gasteiger partial charge on any atom is -0.478 e. The van der Waals surface area contributed by atoms with E-state index >= 15 is 0 Å². The van der Waals surface area contributed by atoms with Crippen LogP contribution in [0.3, 0.4) is 0 Å². The van der Waals surface area contributed by atoms with Crippen molar-refractivity contribution in [1.82, 2.24) is 0 Å². The van der Waals surface area contributed by atoms with Crippen molar-refractivity contribution in [2.75, 3.05) is 5.73 Å². The highest BCUT2D eigenvalue weighted by molar-refractivity contribution is 8.00. The summed E-state index contributed by atoms with van der Waals surface area (Å²) in [4.78, 5) is 11.7. The number of carbonyl (C=O) groups is 1. The van der Waals surface area contributed by atoms with Crippen molar-refractivity contribution < 1.29 is 9.90 Å². The van der Waals surface area contributed by atoms with Crippen molar-refractivity contribution in [2.45, 2.75) is 30.9 Å². The molecule has 0 saturated carbocycles. The molecule has 16 heavy (non-hydrogen) atoms. The standard InChI is InChI=1S/C12H17NO2S/c1-7(2)8(3)16-11-5-4-9(12(14)15)6-10(11)13/h4-8H,13H2,1-3H3,(H,14,15). The molecule has 0 aliphatic rings. The molecule has 3 nitrogen and oxygen atoms in total. The van der Waals surface area contributed by atoms with Gasteiger partial charge in [0.25, 0.3) is 0 Å². The Hall–Kier alpha value is -1.16. The fourth-order valence-corrected chi connectivity index (χ4v) is 2.14. The molecule has 1 atom stereocenters. The van der Waals surface area contributed by atoms with Crippen LogP contribution in [0.2, 0.25) is 0 Å². The third kappa shape index (κ3) is 3.17. The summed E-state index contributed by atoms with van der Waals surface area (Å²) in [5.41, 5.74) is 6.60. The Morgan fingerprint density at radius 2 is 2.00 bits per heavy atom. The average molecular weight is 239 g/mol. The highest BCUT2D eigenvalue weighted by Crippen LogP contribution is 2.32. The maximum atomic E-state index is 10.7. The molecule has 0 aromatic heterocycles. The number of hydrogen-bond acceptors (Lipinski definition) is 3. The molecule has 0 bridgehead atoms. The molecule has 0 amide bonds. The van der Waals surface area contributed by atoms with Crippen LogP contribution in [0.5, 0.6) is 0 Å². The van der Waals surface area contributed by atoms with Gasteiger partial charge >= 0.3 is 5.97 Å². The molecule has 1 rings (SSSR count). The van der Waals surface area contributed by atoms with Crippen molar-refractivity contribution >= 4 is 23.4 Å². The number of rotatable bonds is 4. The molecule has 0 aliphatic carbocycles. The Morgan fingerprint density at radius 1 is 1.38 bits per heavy atom. The second kappa shape index (κ2) is 5.25. The highest BCUT2D eigenvalue weighted by Gasteiger charge is 2.12. The zero-order valence-corrected chi connectivity index (χ0v) is 10.5. The first-order valence-electron chi connectivity index (χ1n) is 5.21. The minimum atomic E-state index is -0.944. The van der Waals surface area contributed by atoms with Gasteiger partial charge in [0.1, 0.15) is 0 Å². The van der Waals surface area contributed by atoms with Gasteiger partial charge in [-0.15, -0.1) is 11.8 Å². The molecule has 0 radical (unpaired) electrons. The Labute approximate surface area is 100 Å². The number of carboxylic acid groups (broad SMARTS) is 1. The molecule has 0 fully saturated rings. The van der Waals surface area contributed by atoms with E-state index in [2.05, 4.69) is 20.8 Å². The van der Waals surface area contributed by atoms with Crippen LogP contribution in [0.4, 0.5) is 5.69 Å². The molecule has 0 spiro atoms. The fourth-order valence-electron chi connectivity index (χ4n) is 1.13. The number of anilines is 1. The molecule has 1 unspecified atom stereocenters. The van der Waals surface area contributed by atoms with Crippen LogP contribution in [0.25, 0.3) is 0 Å². The largest absolute Gasteiger partial charge is 0.478 e. The monoisotopic (exact) mass is 239 g/mol. The number of nitrogen functional groups attached to an aromatic ring is 1. The lowest BCUT2D eigenvalue weighted by Gasteiger charge is -2.16. The summed E-state index contributed by atoms with van der Waals surface area (Å²) in [5, 5.41) is 9.26. The third-order valence-corrected chi connectivity index (χ3v) is 4.05. The van der Waals surface area contributed by atoms with Crippen LogP contribution in [-0.4, -0.2) is 16.3 Å². The van der Waals surface area contributed by atoms with Crippen LogP contribution in [0.1, 0.15) is 31.1 Å². The average Bonchev–Trinajstić information content (AvgIpc) is 2.20. The van der Waals surface area contributed by atoms with E-state index in [1.165, 1.54) is 6.07 Å². The fraction of sp³-hybridized carbons (Fsp3) is 0.417. The molecule has 0 saturated heterocycles. The zero-order valence-electron chi connectivity index (χ0n) is 9.73. The maximum Gasteiger partial charge on any atom is 0.335 e. The third-order valence-electron chi connectivity index (χ3n) is 2.51. The molecule has 0 heterocycles. The molecule has 88 valence electrons. The first kappa shape index (κ1) is 12.9. The van der Waals surface area contributed by atoms with Gasteiger partial charge in [0.15, 0.2) is 0 Å². The van der Waals surface area contributed by atoms with Gasteiger partial charge < -0.3 is 10.8 Å². The van der Waals surface area contributed by atoms with Crippen LogP contribution < -0.4 is 5.73 Å². The lowest BCUT2D eigenvalue weighted by Crippen LogP contribution is -2.06. The maximum absolute atomic E-state index is 10.7. The topological polar surface area (TPSA) is 63.3 Å². The number of aromatic carboxylic acids is 1. The van der Waals surface area contributed by atoms with Gasteiger partial charge in [-0.1, -0.05) is 20.8 Å². The Morgan fingerprint density at radius 3 is 2.44 bits per heavy atom. The number of thioether (sulfide) groups is 1. The van der Waals surface area contributed by atoms with Gasteiger partial charge in [-0.2, -0.15) is 0 Å². The van der Waals surface area contributed by atoms with Crippen molar-refractivity contribution in [3.05, 3.63) is 23.8 Å². The van der Waals surface area contributed by atoms with Crippen LogP contribution in [-0.2, 0) is 0 Å². The van der Waals surface area contributed by atoms with Gasteiger partial charge in [0.2, 0.25) is 0 Å². The lowest BCUT2D eigenvalue weighted by molar-refractivity contribution is 0.0697. The number of hydrogen-bond donors (Lipinski definition) is 2. The first-order chi connectivity index (χ1) is 7.41. The molecule has 1 aromatic rings. The predicted octanol–water partition coefficient (Wildman–Crippen LogP) is 3.10. The summed E-state index contributed by atoms with van der Waals surface area (Å²) in [5.74, 6) is -0.385. The van der Waals surface area contributed by atoms with E-state index in [-0.39, 0.29) is 5.56 Å². The van der Waals surface area contributed by atoms with Crippen molar-refractivity contribution in [3.8, 4) is 0 Å². The number of benzene rings is 1. The van der Waals surface area contributed by atoms with Crippen LogP contribution in [0.15, 0.2) is 23.1 Å². The van der Waals surface area contributed by atoms with Crippen molar-refractivity contribution in [3.63, 3.8) is 0 Å². The van der Waals surface area contributed by atoms with E-state index in [1.807, 2.05) is 0 Å². The van der Waals surface area contributed by atoms with Gasteiger partial charge in [-0.05, 0) is 24.1 Å². The number of nitrogens with two attached hydrogens (primary N) is 1. The number of carboxylic acids is 1. The summed E-state index contributed by atoms with van der Waals surface area (Å²) in [6, 6.07) is 4.88. The second-order valence-corrected chi connectivity index (χ2v) is 5.54. The molecule has 1 aromatic carbocycles. The summed E-state index contributed by atoms with van der Waals surface area (Å²) >= 11 is 1.68. The molecular formula is C12H17NO2S. The van der Waals surface area contributed by atoms with Crippen molar-refractivity contribution in [1.29, 1.82) is 0 Å². The minimum absolute atomic E-state index is 0.235. The second-order valence-electron chi connectivity index (χ2n) is 4.12.